The van der Waals surface area contributed by atoms with E-state index in [1.807, 2.05) is 0 Å². The number of hydrogen-bond acceptors (Lipinski definition) is 3. The number of fused-ring (bicyclic) bond motifs is 1. The number of nitrogens with one attached hydrogen (secondary N) is 1. The molecule has 2 atom stereocenters. The fraction of sp³-hybridized carbons (Fsp3) is 0.667. The van der Waals surface area contributed by atoms with Crippen LogP contribution in [0, 0.1) is 0 Å². The van der Waals surface area contributed by atoms with Gasteiger partial charge in [-0.15, -0.1) is 0 Å². The molecule has 1 aromatic rings. The number of rotatable bonds is 6. The van der Waals surface area contributed by atoms with E-state index in [2.05, 4.69) is 36.6 Å². The van der Waals surface area contributed by atoms with Crippen molar-refractivity contribution in [2.45, 2.75) is 69.4 Å². The van der Waals surface area contributed by atoms with Crippen molar-refractivity contribution in [2.24, 2.45) is 5.84 Å². The van der Waals surface area contributed by atoms with E-state index in [4.69, 9.17) is 10.6 Å². The van der Waals surface area contributed by atoms with Gasteiger partial charge < -0.3 is 4.74 Å². The average molecular weight is 288 g/mol. The molecular weight excluding hydrogens is 260 g/mol. The third-order valence-corrected chi connectivity index (χ3v) is 5.45. The van der Waals surface area contributed by atoms with Gasteiger partial charge in [0.15, 0.2) is 0 Å². The first-order valence-electron chi connectivity index (χ1n) is 8.47. The second kappa shape index (κ2) is 6.47. The molecule has 2 aliphatic rings. The number of hydrogen-bond donors (Lipinski definition) is 2. The number of ether oxygens (including phenoxy) is 1. The van der Waals surface area contributed by atoms with Gasteiger partial charge in [0.1, 0.15) is 0 Å². The van der Waals surface area contributed by atoms with Crippen LogP contribution in [0.5, 0.6) is 0 Å². The number of hydrazine groups is 1. The topological polar surface area (TPSA) is 47.3 Å². The molecule has 21 heavy (non-hydrogen) atoms. The maximum Gasteiger partial charge on any atom is 0.0848 e. The van der Waals surface area contributed by atoms with Crippen LogP contribution in [0.1, 0.15) is 62.5 Å². The molecule has 3 rings (SSSR count). The van der Waals surface area contributed by atoms with Crippen molar-refractivity contribution in [2.75, 3.05) is 6.61 Å². The standard InChI is InChI=1S/C18H28N2O/c1-2-21-18(10-6-3-7-11-18)17(20-19)13-15-12-14-8-4-5-9-16(14)15/h4-5,8-9,15,17,20H,2-3,6-7,10-13,19H2,1H3. The van der Waals surface area contributed by atoms with E-state index in [9.17, 15) is 0 Å². The quantitative estimate of drug-likeness (QED) is 0.624. The first-order chi connectivity index (χ1) is 10.3. The predicted octanol–water partition coefficient (Wildman–Crippen LogP) is 3.29. The fourth-order valence-corrected chi connectivity index (χ4v) is 4.32. The Bertz CT molecular complexity index is 463. The summed E-state index contributed by atoms with van der Waals surface area (Å²) in [6.45, 7) is 2.88. The first kappa shape index (κ1) is 15.0. The Hall–Kier alpha value is -0.900. The normalized spacial score (nSPS) is 25.0. The number of nitrogens with two attached hydrogens (primary N) is 1. The molecule has 0 spiro atoms. The molecule has 0 heterocycles. The van der Waals surface area contributed by atoms with Gasteiger partial charge >= 0.3 is 0 Å². The van der Waals surface area contributed by atoms with Gasteiger partial charge in [-0.25, -0.2) is 0 Å². The van der Waals surface area contributed by atoms with Crippen LogP contribution >= 0.6 is 0 Å². The lowest BCUT2D eigenvalue weighted by atomic mass is 9.70. The van der Waals surface area contributed by atoms with Gasteiger partial charge in [0.05, 0.1) is 11.6 Å². The van der Waals surface area contributed by atoms with Gasteiger partial charge in [-0.3, -0.25) is 11.3 Å². The summed E-state index contributed by atoms with van der Waals surface area (Å²) in [4.78, 5) is 0. The average Bonchev–Trinajstić information content (AvgIpc) is 2.50. The van der Waals surface area contributed by atoms with Gasteiger partial charge in [-0.05, 0) is 49.7 Å². The predicted molar refractivity (Wildman–Crippen MR) is 86.1 cm³/mol. The van der Waals surface area contributed by atoms with E-state index in [-0.39, 0.29) is 11.6 Å². The summed E-state index contributed by atoms with van der Waals surface area (Å²) in [5, 5.41) is 0. The van der Waals surface area contributed by atoms with Crippen LogP contribution in [0.4, 0.5) is 0 Å². The van der Waals surface area contributed by atoms with Crippen LogP contribution in [-0.4, -0.2) is 18.2 Å². The second-order valence-corrected chi connectivity index (χ2v) is 6.61. The molecule has 116 valence electrons. The summed E-state index contributed by atoms with van der Waals surface area (Å²) in [5.41, 5.74) is 6.07. The zero-order chi connectivity index (χ0) is 14.7. The highest BCUT2D eigenvalue weighted by Crippen LogP contribution is 2.43. The van der Waals surface area contributed by atoms with Crippen LogP contribution in [0.15, 0.2) is 24.3 Å². The molecule has 1 aromatic carbocycles. The second-order valence-electron chi connectivity index (χ2n) is 6.61. The van der Waals surface area contributed by atoms with Crippen molar-refractivity contribution >= 4 is 0 Å². The maximum atomic E-state index is 6.24. The molecule has 1 saturated carbocycles. The number of benzene rings is 1. The largest absolute Gasteiger partial charge is 0.374 e. The molecule has 3 heteroatoms. The molecule has 0 radical (unpaired) electrons. The van der Waals surface area contributed by atoms with E-state index >= 15 is 0 Å². The van der Waals surface area contributed by atoms with Crippen molar-refractivity contribution in [3.05, 3.63) is 35.4 Å². The fourth-order valence-electron chi connectivity index (χ4n) is 4.32. The Balaban J connectivity index is 1.72. The minimum absolute atomic E-state index is 0.0493. The first-order valence-corrected chi connectivity index (χ1v) is 8.47. The summed E-state index contributed by atoms with van der Waals surface area (Å²) in [5.74, 6) is 6.58. The zero-order valence-electron chi connectivity index (χ0n) is 13.1. The van der Waals surface area contributed by atoms with Crippen LogP contribution in [0.3, 0.4) is 0 Å². The van der Waals surface area contributed by atoms with Crippen LogP contribution < -0.4 is 11.3 Å². The molecular formula is C18H28N2O. The van der Waals surface area contributed by atoms with Gasteiger partial charge in [0, 0.05) is 6.61 Å². The summed E-state index contributed by atoms with van der Waals surface area (Å²) < 4.78 is 6.24. The van der Waals surface area contributed by atoms with Crippen LogP contribution in [-0.2, 0) is 11.2 Å². The SMILES string of the molecule is CCOC1(C(CC2Cc3ccccc32)NN)CCCCC1. The highest BCUT2D eigenvalue weighted by Gasteiger charge is 2.42. The van der Waals surface area contributed by atoms with Gasteiger partial charge in [-0.2, -0.15) is 0 Å². The molecule has 0 saturated heterocycles. The Kier molecular flexibility index (Phi) is 4.63. The van der Waals surface area contributed by atoms with Crippen molar-refractivity contribution in [3.63, 3.8) is 0 Å². The van der Waals surface area contributed by atoms with Crippen molar-refractivity contribution in [1.82, 2.24) is 5.43 Å². The summed E-state index contributed by atoms with van der Waals surface area (Å²) in [6, 6.07) is 9.06. The summed E-state index contributed by atoms with van der Waals surface area (Å²) >= 11 is 0. The lowest BCUT2D eigenvalue weighted by Crippen LogP contribution is -2.56. The zero-order valence-corrected chi connectivity index (χ0v) is 13.1. The monoisotopic (exact) mass is 288 g/mol. The van der Waals surface area contributed by atoms with Gasteiger partial charge in [0.25, 0.3) is 0 Å². The summed E-state index contributed by atoms with van der Waals surface area (Å²) in [6.07, 6.45) is 8.43. The molecule has 0 aliphatic heterocycles. The Morgan fingerprint density at radius 3 is 2.71 bits per heavy atom. The maximum absolute atomic E-state index is 6.24. The molecule has 3 nitrogen and oxygen atoms in total. The molecule has 0 amide bonds. The molecule has 0 bridgehead atoms. The van der Waals surface area contributed by atoms with Crippen molar-refractivity contribution in [3.8, 4) is 0 Å². The van der Waals surface area contributed by atoms with E-state index in [0.717, 1.165) is 25.9 Å². The molecule has 1 fully saturated rings. The smallest absolute Gasteiger partial charge is 0.0848 e. The third kappa shape index (κ3) is 2.87. The third-order valence-electron chi connectivity index (χ3n) is 5.45. The van der Waals surface area contributed by atoms with Gasteiger partial charge in [0.2, 0.25) is 0 Å². The van der Waals surface area contributed by atoms with Gasteiger partial charge in [-0.1, -0.05) is 43.5 Å². The Labute approximate surface area is 128 Å². The molecule has 3 N–H and O–H groups in total. The molecule has 2 unspecified atom stereocenters. The van der Waals surface area contributed by atoms with E-state index in [1.54, 1.807) is 0 Å². The summed E-state index contributed by atoms with van der Waals surface area (Å²) in [7, 11) is 0. The Morgan fingerprint density at radius 2 is 2.05 bits per heavy atom. The lowest BCUT2D eigenvalue weighted by Gasteiger charge is -2.45. The van der Waals surface area contributed by atoms with Crippen molar-refractivity contribution in [1.29, 1.82) is 0 Å². The Morgan fingerprint density at radius 1 is 1.29 bits per heavy atom. The van der Waals surface area contributed by atoms with E-state index in [0.29, 0.717) is 5.92 Å². The van der Waals surface area contributed by atoms with Crippen LogP contribution in [0.25, 0.3) is 0 Å². The highest BCUT2D eigenvalue weighted by atomic mass is 16.5. The molecule has 0 aromatic heterocycles. The van der Waals surface area contributed by atoms with E-state index in [1.165, 1.54) is 36.8 Å². The highest BCUT2D eigenvalue weighted by molar-refractivity contribution is 5.40. The van der Waals surface area contributed by atoms with E-state index < -0.39 is 0 Å². The lowest BCUT2D eigenvalue weighted by molar-refractivity contribution is -0.0931. The van der Waals surface area contributed by atoms with Crippen molar-refractivity contribution < 1.29 is 4.74 Å². The minimum atomic E-state index is -0.0493. The molecule has 2 aliphatic carbocycles. The van der Waals surface area contributed by atoms with Crippen LogP contribution in [0.2, 0.25) is 0 Å². The minimum Gasteiger partial charge on any atom is -0.374 e.